The van der Waals surface area contributed by atoms with E-state index in [2.05, 4.69) is 58.5 Å². The summed E-state index contributed by atoms with van der Waals surface area (Å²) in [5.41, 5.74) is 8.51. The molecule has 2 atom stereocenters. The minimum atomic E-state index is -0.327. The first-order chi connectivity index (χ1) is 23.0. The maximum absolute atomic E-state index is 13.9. The lowest BCUT2D eigenvalue weighted by molar-refractivity contribution is -0.118. The highest BCUT2D eigenvalue weighted by molar-refractivity contribution is 5.97. The molecule has 244 valence electrons. The molecule has 2 saturated heterocycles. The molecule has 0 bridgehead atoms. The standard InChI is InChI=1S/C41H48N4O2/c1-30-20-22-34(28-38(30)44-24-9-10-25-44)42-40(46)36(32-14-5-3-6-15-32)18-13-19-37(33-16-7-4-8-17-33)41(47)43-35-23-21-31(2)39(29-35)45-26-11-12-27-45/h3-8,14-17,20-23,28-29,36-37H,9-13,18-19,24-27H2,1-2H3,(H,42,46)(H,43,47). The fourth-order valence-electron chi connectivity index (χ4n) is 7.23. The van der Waals surface area contributed by atoms with Gasteiger partial charge < -0.3 is 20.4 Å². The maximum atomic E-state index is 13.9. The summed E-state index contributed by atoms with van der Waals surface area (Å²) in [5.74, 6) is -0.677. The molecular weight excluding hydrogens is 580 g/mol. The van der Waals surface area contributed by atoms with Gasteiger partial charge in [0.1, 0.15) is 0 Å². The van der Waals surface area contributed by atoms with Gasteiger partial charge in [0.15, 0.2) is 0 Å². The molecule has 2 fully saturated rings. The monoisotopic (exact) mass is 628 g/mol. The van der Waals surface area contributed by atoms with Crippen LogP contribution in [-0.2, 0) is 9.59 Å². The topological polar surface area (TPSA) is 64.7 Å². The van der Waals surface area contributed by atoms with Gasteiger partial charge in [0.05, 0.1) is 11.8 Å². The van der Waals surface area contributed by atoms with E-state index in [0.29, 0.717) is 12.8 Å². The molecule has 0 radical (unpaired) electrons. The van der Waals surface area contributed by atoms with Crippen LogP contribution in [0.4, 0.5) is 22.7 Å². The van der Waals surface area contributed by atoms with E-state index in [1.54, 1.807) is 0 Å². The Bertz CT molecular complexity index is 1520. The first-order valence-electron chi connectivity index (χ1n) is 17.4. The summed E-state index contributed by atoms with van der Waals surface area (Å²) in [4.78, 5) is 32.7. The Kier molecular flexibility index (Phi) is 10.6. The molecule has 0 saturated carbocycles. The van der Waals surface area contributed by atoms with Crippen LogP contribution in [0.15, 0.2) is 97.1 Å². The van der Waals surface area contributed by atoms with Crippen LogP contribution in [-0.4, -0.2) is 38.0 Å². The molecule has 6 heteroatoms. The van der Waals surface area contributed by atoms with E-state index in [9.17, 15) is 9.59 Å². The van der Waals surface area contributed by atoms with Gasteiger partial charge in [-0.3, -0.25) is 9.59 Å². The first kappa shape index (κ1) is 32.4. The second-order valence-corrected chi connectivity index (χ2v) is 13.2. The van der Waals surface area contributed by atoms with Gasteiger partial charge >= 0.3 is 0 Å². The van der Waals surface area contributed by atoms with Gasteiger partial charge in [-0.15, -0.1) is 0 Å². The molecule has 2 amide bonds. The van der Waals surface area contributed by atoms with E-state index in [-0.39, 0.29) is 23.7 Å². The van der Waals surface area contributed by atoms with Crippen LogP contribution in [0.2, 0.25) is 0 Å². The number of rotatable bonds is 12. The van der Waals surface area contributed by atoms with Gasteiger partial charge in [0, 0.05) is 48.9 Å². The molecular formula is C41H48N4O2. The molecule has 0 spiro atoms. The van der Waals surface area contributed by atoms with Crippen molar-refractivity contribution < 1.29 is 9.59 Å². The highest BCUT2D eigenvalue weighted by Crippen LogP contribution is 2.33. The Labute approximate surface area is 280 Å². The molecule has 4 aromatic rings. The number of hydrogen-bond acceptors (Lipinski definition) is 4. The van der Waals surface area contributed by atoms with Crippen LogP contribution >= 0.6 is 0 Å². The van der Waals surface area contributed by atoms with Crippen LogP contribution < -0.4 is 20.4 Å². The quantitative estimate of drug-likeness (QED) is 0.165. The van der Waals surface area contributed by atoms with Gasteiger partial charge in [-0.25, -0.2) is 0 Å². The number of nitrogens with zero attached hydrogens (tertiary/aromatic N) is 2. The van der Waals surface area contributed by atoms with Crippen molar-refractivity contribution in [2.75, 3.05) is 46.6 Å². The van der Waals surface area contributed by atoms with E-state index in [4.69, 9.17) is 0 Å². The smallest absolute Gasteiger partial charge is 0.231 e. The number of carbonyl (C=O) groups is 2. The summed E-state index contributed by atoms with van der Waals surface area (Å²) >= 11 is 0. The lowest BCUT2D eigenvalue weighted by Gasteiger charge is -2.23. The van der Waals surface area contributed by atoms with E-state index in [1.165, 1.54) is 48.2 Å². The van der Waals surface area contributed by atoms with Crippen LogP contribution in [0.3, 0.4) is 0 Å². The predicted molar refractivity (Wildman–Crippen MR) is 195 cm³/mol. The van der Waals surface area contributed by atoms with Gasteiger partial charge in [0.2, 0.25) is 11.8 Å². The third-order valence-corrected chi connectivity index (χ3v) is 9.87. The number of carbonyl (C=O) groups excluding carboxylic acids is 2. The average molecular weight is 629 g/mol. The SMILES string of the molecule is Cc1ccc(NC(=O)C(CCCC(C(=O)Nc2ccc(C)c(N3CCCC3)c2)c2ccccc2)c2ccccc2)cc1N1CCCC1. The van der Waals surface area contributed by atoms with E-state index < -0.39 is 0 Å². The first-order valence-corrected chi connectivity index (χ1v) is 17.4. The zero-order chi connectivity index (χ0) is 32.6. The zero-order valence-corrected chi connectivity index (χ0v) is 27.9. The van der Waals surface area contributed by atoms with Gasteiger partial charge in [-0.1, -0.05) is 79.2 Å². The number of amides is 2. The molecule has 2 aliphatic heterocycles. The Hall–Kier alpha value is -4.58. The van der Waals surface area contributed by atoms with Crippen molar-refractivity contribution in [3.05, 3.63) is 119 Å². The normalized spacial score (nSPS) is 15.8. The van der Waals surface area contributed by atoms with Crippen LogP contribution in [0.1, 0.15) is 79.0 Å². The van der Waals surface area contributed by atoms with Gasteiger partial charge in [-0.05, 0) is 98.9 Å². The van der Waals surface area contributed by atoms with Crippen LogP contribution in [0, 0.1) is 13.8 Å². The Morgan fingerprint density at radius 3 is 1.34 bits per heavy atom. The van der Waals surface area contributed by atoms with E-state index >= 15 is 0 Å². The Morgan fingerprint density at radius 1 is 0.574 bits per heavy atom. The lowest BCUT2D eigenvalue weighted by atomic mass is 9.87. The molecule has 2 aliphatic rings. The number of aryl methyl sites for hydroxylation is 2. The Morgan fingerprint density at radius 2 is 0.957 bits per heavy atom. The third kappa shape index (κ3) is 8.05. The van der Waals surface area contributed by atoms with Gasteiger partial charge in [-0.2, -0.15) is 0 Å². The van der Waals surface area contributed by atoms with Crippen molar-refractivity contribution in [3.8, 4) is 0 Å². The summed E-state index contributed by atoms with van der Waals surface area (Å²) < 4.78 is 0. The number of anilines is 4. The van der Waals surface area contributed by atoms with Crippen LogP contribution in [0.5, 0.6) is 0 Å². The number of nitrogens with one attached hydrogen (secondary N) is 2. The van der Waals surface area contributed by atoms with Crippen molar-refractivity contribution in [1.82, 2.24) is 0 Å². The molecule has 6 rings (SSSR count). The predicted octanol–water partition coefficient (Wildman–Crippen LogP) is 8.82. The van der Waals surface area contributed by atoms with Crippen molar-refractivity contribution >= 4 is 34.6 Å². The molecule has 47 heavy (non-hydrogen) atoms. The largest absolute Gasteiger partial charge is 0.371 e. The van der Waals surface area contributed by atoms with Gasteiger partial charge in [0.25, 0.3) is 0 Å². The highest BCUT2D eigenvalue weighted by atomic mass is 16.2. The number of benzene rings is 4. The molecule has 2 unspecified atom stereocenters. The van der Waals surface area contributed by atoms with Crippen molar-refractivity contribution in [1.29, 1.82) is 0 Å². The molecule has 0 aromatic heterocycles. The fourth-order valence-corrected chi connectivity index (χ4v) is 7.23. The average Bonchev–Trinajstić information content (AvgIpc) is 3.83. The van der Waals surface area contributed by atoms with Crippen molar-refractivity contribution in [3.63, 3.8) is 0 Å². The minimum Gasteiger partial charge on any atom is -0.371 e. The Balaban J connectivity index is 1.17. The lowest BCUT2D eigenvalue weighted by Crippen LogP contribution is -2.24. The summed E-state index contributed by atoms with van der Waals surface area (Å²) in [6.45, 7) is 8.51. The number of hydrogen-bond donors (Lipinski definition) is 2. The zero-order valence-electron chi connectivity index (χ0n) is 27.9. The summed E-state index contributed by atoms with van der Waals surface area (Å²) in [6.07, 6.45) is 6.83. The summed E-state index contributed by atoms with van der Waals surface area (Å²) in [6, 6.07) is 32.5. The minimum absolute atomic E-state index is 0.0118. The second kappa shape index (κ2) is 15.3. The molecule has 0 aliphatic carbocycles. The van der Waals surface area contributed by atoms with E-state index in [1.807, 2.05) is 72.8 Å². The van der Waals surface area contributed by atoms with Crippen molar-refractivity contribution in [2.45, 2.75) is 70.6 Å². The second-order valence-electron chi connectivity index (χ2n) is 13.2. The van der Waals surface area contributed by atoms with Crippen molar-refractivity contribution in [2.24, 2.45) is 0 Å². The molecule has 2 N–H and O–H groups in total. The fraction of sp³-hybridized carbons (Fsp3) is 0.366. The molecule has 4 aromatic carbocycles. The summed E-state index contributed by atoms with van der Waals surface area (Å²) in [5, 5.41) is 6.48. The maximum Gasteiger partial charge on any atom is 0.231 e. The summed E-state index contributed by atoms with van der Waals surface area (Å²) in [7, 11) is 0. The molecule has 2 heterocycles. The molecule has 6 nitrogen and oxygen atoms in total. The van der Waals surface area contributed by atoms with E-state index in [0.717, 1.165) is 55.1 Å². The third-order valence-electron chi connectivity index (χ3n) is 9.87. The van der Waals surface area contributed by atoms with Crippen LogP contribution in [0.25, 0.3) is 0 Å². The highest BCUT2D eigenvalue weighted by Gasteiger charge is 2.25.